The second-order valence-electron chi connectivity index (χ2n) is 7.30. The van der Waals surface area contributed by atoms with Crippen molar-refractivity contribution in [1.82, 2.24) is 5.32 Å². The van der Waals surface area contributed by atoms with Gasteiger partial charge in [-0.1, -0.05) is 30.3 Å². The van der Waals surface area contributed by atoms with E-state index in [0.29, 0.717) is 24.4 Å². The van der Waals surface area contributed by atoms with Gasteiger partial charge in [0.2, 0.25) is 0 Å². The Balaban J connectivity index is 1.63. The van der Waals surface area contributed by atoms with Crippen molar-refractivity contribution in [2.24, 2.45) is 0 Å². The first-order chi connectivity index (χ1) is 14.8. The molecule has 0 aromatic heterocycles. The quantitative estimate of drug-likeness (QED) is 0.516. The number of ether oxygens (including phenoxy) is 1. The molecule has 0 bridgehead atoms. The van der Waals surface area contributed by atoms with E-state index >= 15 is 0 Å². The maximum absolute atomic E-state index is 12.8. The van der Waals surface area contributed by atoms with E-state index in [1.807, 2.05) is 32.0 Å². The molecule has 0 saturated carbocycles. The summed E-state index contributed by atoms with van der Waals surface area (Å²) in [7, 11) is -3.82. The molecule has 2 N–H and O–H groups in total. The number of sulfonamides is 1. The van der Waals surface area contributed by atoms with Crippen LogP contribution in [0.1, 0.15) is 27.0 Å². The van der Waals surface area contributed by atoms with Crippen LogP contribution in [0.25, 0.3) is 0 Å². The van der Waals surface area contributed by atoms with Crippen molar-refractivity contribution >= 4 is 21.6 Å². The number of hydrogen-bond acceptors (Lipinski definition) is 4. The molecule has 162 valence electrons. The molecule has 0 aliphatic carbocycles. The normalized spacial score (nSPS) is 11.1. The molecule has 3 aromatic rings. The van der Waals surface area contributed by atoms with Crippen LogP contribution in [-0.4, -0.2) is 27.5 Å². The van der Waals surface area contributed by atoms with E-state index in [4.69, 9.17) is 4.74 Å². The summed E-state index contributed by atoms with van der Waals surface area (Å²) < 4.78 is 33.8. The van der Waals surface area contributed by atoms with E-state index in [-0.39, 0.29) is 16.4 Å². The van der Waals surface area contributed by atoms with Crippen LogP contribution in [-0.2, 0) is 10.0 Å². The predicted octanol–water partition coefficient (Wildman–Crippen LogP) is 4.22. The molecular weight excluding hydrogens is 412 g/mol. The van der Waals surface area contributed by atoms with Crippen molar-refractivity contribution in [1.29, 1.82) is 0 Å². The van der Waals surface area contributed by atoms with Gasteiger partial charge in [0.05, 0.1) is 11.4 Å². The topological polar surface area (TPSA) is 84.5 Å². The van der Waals surface area contributed by atoms with Crippen LogP contribution < -0.4 is 14.8 Å². The lowest BCUT2D eigenvalue weighted by atomic mass is 10.1. The number of anilines is 1. The number of para-hydroxylation sites is 1. The van der Waals surface area contributed by atoms with Gasteiger partial charge in [0.1, 0.15) is 12.4 Å². The highest BCUT2D eigenvalue weighted by molar-refractivity contribution is 7.92. The van der Waals surface area contributed by atoms with Crippen LogP contribution in [0.4, 0.5) is 5.69 Å². The van der Waals surface area contributed by atoms with E-state index in [1.54, 1.807) is 49.4 Å². The number of carbonyl (C=O) groups is 1. The Hall–Kier alpha value is -3.32. The summed E-state index contributed by atoms with van der Waals surface area (Å²) in [5.41, 5.74) is 3.61. The minimum atomic E-state index is -3.82. The first-order valence-electron chi connectivity index (χ1n) is 9.93. The second kappa shape index (κ2) is 9.66. The van der Waals surface area contributed by atoms with Crippen molar-refractivity contribution in [3.63, 3.8) is 0 Å². The Bertz CT molecular complexity index is 1180. The highest BCUT2D eigenvalue weighted by Crippen LogP contribution is 2.21. The summed E-state index contributed by atoms with van der Waals surface area (Å²) >= 11 is 0. The summed E-state index contributed by atoms with van der Waals surface area (Å²) in [5.74, 6) is 0.382. The monoisotopic (exact) mass is 438 g/mol. The number of rotatable bonds is 8. The summed E-state index contributed by atoms with van der Waals surface area (Å²) in [6.07, 6.45) is 0. The third-order valence-corrected chi connectivity index (χ3v) is 6.42. The Morgan fingerprint density at radius 2 is 1.58 bits per heavy atom. The molecule has 0 radical (unpaired) electrons. The lowest BCUT2D eigenvalue weighted by molar-refractivity contribution is 0.0946. The van der Waals surface area contributed by atoms with Crippen LogP contribution in [0.15, 0.2) is 71.6 Å². The summed E-state index contributed by atoms with van der Waals surface area (Å²) in [5, 5.41) is 2.76. The van der Waals surface area contributed by atoms with Crippen molar-refractivity contribution in [2.75, 3.05) is 17.9 Å². The number of amides is 1. The highest BCUT2D eigenvalue weighted by Gasteiger charge is 2.19. The van der Waals surface area contributed by atoms with Gasteiger partial charge in [0.25, 0.3) is 15.9 Å². The van der Waals surface area contributed by atoms with Crippen LogP contribution in [0.5, 0.6) is 5.75 Å². The average molecular weight is 439 g/mol. The zero-order chi connectivity index (χ0) is 22.4. The first kappa shape index (κ1) is 22.4. The lowest BCUT2D eigenvalue weighted by Crippen LogP contribution is -2.28. The summed E-state index contributed by atoms with van der Waals surface area (Å²) in [4.78, 5) is 12.6. The van der Waals surface area contributed by atoms with Gasteiger partial charge in [-0.15, -0.1) is 0 Å². The SMILES string of the molecule is Cc1ccc(OCCNC(=O)c2ccc(C)c(S(=O)(=O)Nc3ccccc3)c2)cc1C. The molecule has 3 aromatic carbocycles. The molecule has 0 unspecified atom stereocenters. The molecular formula is C24H26N2O4S. The number of aryl methyl sites for hydroxylation is 3. The molecule has 0 heterocycles. The fourth-order valence-electron chi connectivity index (χ4n) is 2.99. The fraction of sp³-hybridized carbons (Fsp3) is 0.208. The molecule has 7 heteroatoms. The van der Waals surface area contributed by atoms with E-state index in [2.05, 4.69) is 10.0 Å². The maximum Gasteiger partial charge on any atom is 0.262 e. The number of benzene rings is 3. The zero-order valence-electron chi connectivity index (χ0n) is 17.8. The van der Waals surface area contributed by atoms with Crippen molar-refractivity contribution in [3.05, 3.63) is 89.0 Å². The predicted molar refractivity (Wildman–Crippen MR) is 122 cm³/mol. The number of nitrogens with one attached hydrogen (secondary N) is 2. The van der Waals surface area contributed by atoms with Crippen LogP contribution in [0.2, 0.25) is 0 Å². The van der Waals surface area contributed by atoms with E-state index in [9.17, 15) is 13.2 Å². The minimum absolute atomic E-state index is 0.0652. The minimum Gasteiger partial charge on any atom is -0.492 e. The molecule has 0 spiro atoms. The molecule has 0 aliphatic heterocycles. The number of hydrogen-bond donors (Lipinski definition) is 2. The van der Waals surface area contributed by atoms with Crippen molar-refractivity contribution < 1.29 is 17.9 Å². The van der Waals surface area contributed by atoms with Gasteiger partial charge >= 0.3 is 0 Å². The third-order valence-electron chi connectivity index (χ3n) is 4.90. The molecule has 0 saturated heterocycles. The Morgan fingerprint density at radius 1 is 0.871 bits per heavy atom. The van der Waals surface area contributed by atoms with Crippen LogP contribution in [0, 0.1) is 20.8 Å². The molecule has 6 nitrogen and oxygen atoms in total. The fourth-order valence-corrected chi connectivity index (χ4v) is 4.32. The van der Waals surface area contributed by atoms with E-state index in [1.165, 1.54) is 11.6 Å². The maximum atomic E-state index is 12.8. The van der Waals surface area contributed by atoms with E-state index < -0.39 is 10.0 Å². The molecule has 0 aliphatic rings. The van der Waals surface area contributed by atoms with Gasteiger partial charge in [-0.2, -0.15) is 0 Å². The summed E-state index contributed by atoms with van der Waals surface area (Å²) in [6.45, 7) is 6.34. The Morgan fingerprint density at radius 3 is 2.29 bits per heavy atom. The summed E-state index contributed by atoms with van der Waals surface area (Å²) in [6, 6.07) is 19.1. The van der Waals surface area contributed by atoms with Crippen LogP contribution in [0.3, 0.4) is 0 Å². The Labute approximate surface area is 183 Å². The van der Waals surface area contributed by atoms with Gasteiger partial charge in [-0.3, -0.25) is 9.52 Å². The van der Waals surface area contributed by atoms with Gasteiger partial charge < -0.3 is 10.1 Å². The molecule has 1 amide bonds. The molecule has 31 heavy (non-hydrogen) atoms. The third kappa shape index (κ3) is 5.86. The smallest absolute Gasteiger partial charge is 0.262 e. The second-order valence-corrected chi connectivity index (χ2v) is 8.95. The number of carbonyl (C=O) groups excluding carboxylic acids is 1. The van der Waals surface area contributed by atoms with Crippen molar-refractivity contribution in [2.45, 2.75) is 25.7 Å². The zero-order valence-corrected chi connectivity index (χ0v) is 18.6. The van der Waals surface area contributed by atoms with Gasteiger partial charge in [-0.05, 0) is 73.9 Å². The van der Waals surface area contributed by atoms with Gasteiger partial charge in [0, 0.05) is 11.3 Å². The Kier molecular flexibility index (Phi) is 6.97. The van der Waals surface area contributed by atoms with E-state index in [0.717, 1.165) is 11.3 Å². The molecule has 0 atom stereocenters. The van der Waals surface area contributed by atoms with Crippen molar-refractivity contribution in [3.8, 4) is 5.75 Å². The van der Waals surface area contributed by atoms with Gasteiger partial charge in [0.15, 0.2) is 0 Å². The first-order valence-corrected chi connectivity index (χ1v) is 11.4. The van der Waals surface area contributed by atoms with Crippen LogP contribution >= 0.6 is 0 Å². The standard InChI is InChI=1S/C24H26N2O4S/c1-17-10-12-22(15-19(17)3)30-14-13-25-24(27)20-11-9-18(2)23(16-20)31(28,29)26-21-7-5-4-6-8-21/h4-12,15-16,26H,13-14H2,1-3H3,(H,25,27). The lowest BCUT2D eigenvalue weighted by Gasteiger charge is -2.13. The van der Waals surface area contributed by atoms with Gasteiger partial charge in [-0.25, -0.2) is 8.42 Å². The highest BCUT2D eigenvalue weighted by atomic mass is 32.2. The molecule has 0 fully saturated rings. The molecule has 3 rings (SSSR count). The average Bonchev–Trinajstić information content (AvgIpc) is 2.74. The largest absolute Gasteiger partial charge is 0.492 e.